The number of hydrogen-bond acceptors (Lipinski definition) is 2. The van der Waals surface area contributed by atoms with Gasteiger partial charge in [0.25, 0.3) is 0 Å². The van der Waals surface area contributed by atoms with E-state index in [1.165, 1.54) is 5.56 Å². The van der Waals surface area contributed by atoms with Gasteiger partial charge in [0.1, 0.15) is 0 Å². The van der Waals surface area contributed by atoms with Crippen LogP contribution in [0.15, 0.2) is 24.3 Å². The van der Waals surface area contributed by atoms with E-state index in [0.717, 1.165) is 24.8 Å². The van der Waals surface area contributed by atoms with Crippen molar-refractivity contribution in [3.05, 3.63) is 35.4 Å². The molecule has 1 fully saturated rings. The zero-order valence-electron chi connectivity index (χ0n) is 13.8. The fourth-order valence-corrected chi connectivity index (χ4v) is 2.97. The van der Waals surface area contributed by atoms with Crippen LogP contribution in [-0.4, -0.2) is 29.8 Å². The molecule has 1 N–H and O–H groups in total. The highest BCUT2D eigenvalue weighted by atomic mass is 16.2. The van der Waals surface area contributed by atoms with Gasteiger partial charge in [0.15, 0.2) is 0 Å². The Bertz CT molecular complexity index is 516. The van der Waals surface area contributed by atoms with Gasteiger partial charge in [-0.3, -0.25) is 9.59 Å². The Morgan fingerprint density at radius 2 is 1.82 bits per heavy atom. The van der Waals surface area contributed by atoms with Crippen LogP contribution in [0.1, 0.15) is 50.3 Å². The molecular weight excluding hydrogens is 276 g/mol. The molecular formula is C18H26N2O2. The summed E-state index contributed by atoms with van der Waals surface area (Å²) in [5.74, 6) is 0.246. The molecule has 22 heavy (non-hydrogen) atoms. The molecule has 1 heterocycles. The van der Waals surface area contributed by atoms with Gasteiger partial charge in [0.05, 0.1) is 6.04 Å². The number of hydrogen-bond donors (Lipinski definition) is 1. The number of rotatable bonds is 4. The van der Waals surface area contributed by atoms with Crippen molar-refractivity contribution in [2.75, 3.05) is 13.1 Å². The zero-order chi connectivity index (χ0) is 16.1. The van der Waals surface area contributed by atoms with Crippen LogP contribution in [0.4, 0.5) is 0 Å². The van der Waals surface area contributed by atoms with Crippen LogP contribution in [0, 0.1) is 12.8 Å². The number of carbonyl (C=O) groups excluding carboxylic acids is 2. The Kier molecular flexibility index (Phi) is 5.58. The van der Waals surface area contributed by atoms with Crippen LogP contribution in [0.5, 0.6) is 0 Å². The molecule has 2 rings (SSSR count). The van der Waals surface area contributed by atoms with E-state index in [4.69, 9.17) is 0 Å². The smallest absolute Gasteiger partial charge is 0.223 e. The van der Waals surface area contributed by atoms with Crippen LogP contribution in [0.3, 0.4) is 0 Å². The Morgan fingerprint density at radius 1 is 1.23 bits per heavy atom. The van der Waals surface area contributed by atoms with Crippen LogP contribution in [-0.2, 0) is 9.59 Å². The summed E-state index contributed by atoms with van der Waals surface area (Å²) in [7, 11) is 0. The molecule has 0 saturated carbocycles. The summed E-state index contributed by atoms with van der Waals surface area (Å²) in [6.07, 6.45) is 2.40. The summed E-state index contributed by atoms with van der Waals surface area (Å²) in [6, 6.07) is 8.40. The van der Waals surface area contributed by atoms with Gasteiger partial charge < -0.3 is 10.2 Å². The van der Waals surface area contributed by atoms with Gasteiger partial charge >= 0.3 is 0 Å². The number of amides is 2. The van der Waals surface area contributed by atoms with Crippen LogP contribution in [0.2, 0.25) is 0 Å². The van der Waals surface area contributed by atoms with Crippen LogP contribution < -0.4 is 5.32 Å². The monoisotopic (exact) mass is 302 g/mol. The predicted octanol–water partition coefficient (Wildman–Crippen LogP) is 2.82. The Balaban J connectivity index is 1.93. The van der Waals surface area contributed by atoms with Crippen molar-refractivity contribution >= 4 is 11.8 Å². The van der Waals surface area contributed by atoms with Crippen molar-refractivity contribution in [2.24, 2.45) is 5.92 Å². The highest BCUT2D eigenvalue weighted by Gasteiger charge is 2.27. The second-order valence-corrected chi connectivity index (χ2v) is 6.16. The molecule has 2 amide bonds. The number of carbonyl (C=O) groups is 2. The fraction of sp³-hybridized carbons (Fsp3) is 0.556. The normalized spacial score (nSPS) is 17.1. The van der Waals surface area contributed by atoms with Crippen LogP contribution >= 0.6 is 0 Å². The molecule has 4 heteroatoms. The summed E-state index contributed by atoms with van der Waals surface area (Å²) in [4.78, 5) is 25.6. The lowest BCUT2D eigenvalue weighted by Gasteiger charge is -2.31. The molecule has 1 aromatic rings. The molecule has 1 aromatic carbocycles. The first-order chi connectivity index (χ1) is 10.5. The number of likely N-dealkylation sites (tertiary alicyclic amines) is 1. The first-order valence-electron chi connectivity index (χ1n) is 8.13. The number of nitrogens with one attached hydrogen (secondary N) is 1. The second-order valence-electron chi connectivity index (χ2n) is 6.16. The molecule has 1 aliphatic rings. The third kappa shape index (κ3) is 4.09. The predicted molar refractivity (Wildman–Crippen MR) is 87.3 cm³/mol. The summed E-state index contributed by atoms with van der Waals surface area (Å²) in [5, 5.41) is 3.17. The van der Waals surface area contributed by atoms with Crippen LogP contribution in [0.25, 0.3) is 0 Å². The molecule has 0 unspecified atom stereocenters. The summed E-state index contributed by atoms with van der Waals surface area (Å²) >= 11 is 0. The molecule has 120 valence electrons. The largest absolute Gasteiger partial charge is 0.349 e. The highest BCUT2D eigenvalue weighted by molar-refractivity contribution is 5.80. The van der Waals surface area contributed by atoms with E-state index in [1.54, 1.807) is 6.92 Å². The van der Waals surface area contributed by atoms with E-state index in [1.807, 2.05) is 4.90 Å². The van der Waals surface area contributed by atoms with Gasteiger partial charge in [-0.25, -0.2) is 0 Å². The van der Waals surface area contributed by atoms with Crippen molar-refractivity contribution in [2.45, 2.75) is 46.1 Å². The minimum atomic E-state index is 0.0232. The van der Waals surface area contributed by atoms with Gasteiger partial charge in [-0.2, -0.15) is 0 Å². The van der Waals surface area contributed by atoms with Gasteiger partial charge in [-0.05, 0) is 31.7 Å². The van der Waals surface area contributed by atoms with E-state index in [2.05, 4.69) is 43.4 Å². The number of piperidine rings is 1. The molecule has 0 spiro atoms. The summed E-state index contributed by atoms with van der Waals surface area (Å²) < 4.78 is 0. The maximum Gasteiger partial charge on any atom is 0.223 e. The molecule has 0 bridgehead atoms. The first kappa shape index (κ1) is 16.5. The van der Waals surface area contributed by atoms with Crippen molar-refractivity contribution in [1.82, 2.24) is 10.2 Å². The lowest BCUT2D eigenvalue weighted by Crippen LogP contribution is -2.43. The topological polar surface area (TPSA) is 49.4 Å². The Hall–Kier alpha value is -1.84. The molecule has 0 aromatic heterocycles. The lowest BCUT2D eigenvalue weighted by molar-refractivity contribution is -0.134. The quantitative estimate of drug-likeness (QED) is 0.930. The van der Waals surface area contributed by atoms with Gasteiger partial charge in [0.2, 0.25) is 11.8 Å². The molecule has 1 aliphatic heterocycles. The number of aryl methyl sites for hydroxylation is 1. The first-order valence-corrected chi connectivity index (χ1v) is 8.13. The minimum Gasteiger partial charge on any atom is -0.349 e. The molecule has 0 aliphatic carbocycles. The molecule has 1 atom stereocenters. The molecule has 1 saturated heterocycles. The summed E-state index contributed by atoms with van der Waals surface area (Å²) in [6.45, 7) is 7.11. The van der Waals surface area contributed by atoms with E-state index >= 15 is 0 Å². The maximum atomic E-state index is 12.5. The van der Waals surface area contributed by atoms with E-state index in [-0.39, 0.29) is 23.8 Å². The van der Waals surface area contributed by atoms with Crippen molar-refractivity contribution in [3.63, 3.8) is 0 Å². The average molecular weight is 302 g/mol. The van der Waals surface area contributed by atoms with Crippen molar-refractivity contribution in [1.29, 1.82) is 0 Å². The lowest BCUT2D eigenvalue weighted by atomic mass is 9.94. The maximum absolute atomic E-state index is 12.5. The van der Waals surface area contributed by atoms with Gasteiger partial charge in [-0.1, -0.05) is 36.8 Å². The minimum absolute atomic E-state index is 0.0232. The number of nitrogens with zero attached hydrogens (tertiary/aromatic N) is 1. The Morgan fingerprint density at radius 3 is 2.32 bits per heavy atom. The van der Waals surface area contributed by atoms with Gasteiger partial charge in [0, 0.05) is 25.9 Å². The standard InChI is InChI=1S/C18H26N2O2/c1-4-17(15-7-5-13(2)6-8-15)19-18(22)16-9-11-20(12-10-16)14(3)21/h5-8,16-17H,4,9-12H2,1-3H3,(H,19,22)/t17-/m0/s1. The average Bonchev–Trinajstić information content (AvgIpc) is 2.53. The summed E-state index contributed by atoms with van der Waals surface area (Å²) in [5.41, 5.74) is 2.38. The highest BCUT2D eigenvalue weighted by Crippen LogP contribution is 2.21. The van der Waals surface area contributed by atoms with Crippen molar-refractivity contribution in [3.8, 4) is 0 Å². The Labute approximate surface area is 132 Å². The molecule has 4 nitrogen and oxygen atoms in total. The third-order valence-electron chi connectivity index (χ3n) is 4.52. The zero-order valence-corrected chi connectivity index (χ0v) is 13.8. The van der Waals surface area contributed by atoms with E-state index in [9.17, 15) is 9.59 Å². The third-order valence-corrected chi connectivity index (χ3v) is 4.52. The SMILES string of the molecule is CC[C@H](NC(=O)C1CCN(C(C)=O)CC1)c1ccc(C)cc1. The van der Waals surface area contributed by atoms with Gasteiger partial charge in [-0.15, -0.1) is 0 Å². The van der Waals surface area contributed by atoms with E-state index < -0.39 is 0 Å². The van der Waals surface area contributed by atoms with Crippen molar-refractivity contribution < 1.29 is 9.59 Å². The van der Waals surface area contributed by atoms with E-state index in [0.29, 0.717) is 13.1 Å². The number of benzene rings is 1. The molecule has 0 radical (unpaired) electrons. The fourth-order valence-electron chi connectivity index (χ4n) is 2.97. The second kappa shape index (κ2) is 7.43.